The van der Waals surface area contributed by atoms with Crippen LogP contribution in [0.25, 0.3) is 21.9 Å². The minimum Gasteiger partial charge on any atom is -0.376 e. The molecular weight excluding hydrogens is 465 g/mol. The van der Waals surface area contributed by atoms with Gasteiger partial charge < -0.3 is 5.11 Å². The van der Waals surface area contributed by atoms with Crippen LogP contribution in [0.2, 0.25) is 0 Å². The maximum absolute atomic E-state index is 12.1. The molecule has 1 N–H and O–H groups in total. The van der Waals surface area contributed by atoms with Gasteiger partial charge in [0, 0.05) is 32.4 Å². The van der Waals surface area contributed by atoms with Crippen LogP contribution in [0.5, 0.6) is 0 Å². The second kappa shape index (κ2) is 6.12. The number of fused-ring (bicyclic) bond motifs is 5. The average Bonchev–Trinajstić information content (AvgIpc) is 2.99. The van der Waals surface area contributed by atoms with Gasteiger partial charge in [0.2, 0.25) is 0 Å². The van der Waals surface area contributed by atoms with Crippen LogP contribution in [0.1, 0.15) is 16.7 Å². The Hall–Kier alpha value is -2.77. The SMILES string of the molecule is O=[N+]([O-])c1ccc2c3c(c(I)cc2c1)-c1ccccc1C3(O)c1ccccc1. The van der Waals surface area contributed by atoms with Crippen LogP contribution in [0.15, 0.2) is 78.9 Å². The minimum atomic E-state index is -1.32. The first kappa shape index (κ1) is 17.3. The summed E-state index contributed by atoms with van der Waals surface area (Å²) in [6, 6.07) is 24.2. The first-order valence-electron chi connectivity index (χ1n) is 8.80. The molecule has 4 nitrogen and oxygen atoms in total. The van der Waals surface area contributed by atoms with Crippen molar-refractivity contribution >= 4 is 39.1 Å². The van der Waals surface area contributed by atoms with E-state index in [0.717, 1.165) is 42.2 Å². The molecule has 1 aliphatic rings. The second-order valence-corrected chi connectivity index (χ2v) is 8.06. The van der Waals surface area contributed by atoms with Crippen LogP contribution >= 0.6 is 22.6 Å². The number of non-ortho nitro benzene ring substituents is 1. The van der Waals surface area contributed by atoms with Gasteiger partial charge in [-0.05, 0) is 56.6 Å². The molecule has 0 aliphatic heterocycles. The summed E-state index contributed by atoms with van der Waals surface area (Å²) in [4.78, 5) is 10.9. The summed E-state index contributed by atoms with van der Waals surface area (Å²) in [7, 11) is 0. The standard InChI is InChI=1S/C23H14INO3/c24-20-13-14-12-16(25(27)28)10-11-17(14)22-21(20)18-8-4-5-9-19(18)23(22,26)15-6-2-1-3-7-15/h1-13,26H. The molecule has 1 unspecified atom stereocenters. The monoisotopic (exact) mass is 479 g/mol. The van der Waals surface area contributed by atoms with E-state index in [1.54, 1.807) is 12.1 Å². The Balaban J connectivity index is 1.95. The molecule has 136 valence electrons. The van der Waals surface area contributed by atoms with Crippen LogP contribution < -0.4 is 0 Å². The van der Waals surface area contributed by atoms with Gasteiger partial charge in [-0.15, -0.1) is 0 Å². The van der Waals surface area contributed by atoms with E-state index in [2.05, 4.69) is 22.6 Å². The van der Waals surface area contributed by atoms with E-state index in [1.807, 2.05) is 60.7 Å². The summed E-state index contributed by atoms with van der Waals surface area (Å²) in [6.07, 6.45) is 0. The van der Waals surface area contributed by atoms with Crippen molar-refractivity contribution in [3.05, 3.63) is 109 Å². The molecule has 0 fully saturated rings. The van der Waals surface area contributed by atoms with E-state index in [1.165, 1.54) is 6.07 Å². The summed E-state index contributed by atoms with van der Waals surface area (Å²) in [6.45, 7) is 0. The number of aliphatic hydroxyl groups is 1. The fourth-order valence-electron chi connectivity index (χ4n) is 4.24. The van der Waals surface area contributed by atoms with Gasteiger partial charge in [0.05, 0.1) is 4.92 Å². The molecule has 5 heteroatoms. The second-order valence-electron chi connectivity index (χ2n) is 6.89. The molecule has 0 spiro atoms. The highest BCUT2D eigenvalue weighted by atomic mass is 127. The van der Waals surface area contributed by atoms with Crippen LogP contribution in [0.3, 0.4) is 0 Å². The number of benzene rings is 4. The summed E-state index contributed by atoms with van der Waals surface area (Å²) in [5.74, 6) is 0. The molecule has 0 heterocycles. The van der Waals surface area contributed by atoms with Crippen LogP contribution in [-0.4, -0.2) is 10.0 Å². The molecule has 4 aromatic rings. The van der Waals surface area contributed by atoms with Gasteiger partial charge in [-0.2, -0.15) is 0 Å². The fourth-order valence-corrected chi connectivity index (χ4v) is 5.14. The number of rotatable bonds is 2. The van der Waals surface area contributed by atoms with Gasteiger partial charge in [0.1, 0.15) is 5.60 Å². The van der Waals surface area contributed by atoms with Crippen molar-refractivity contribution in [2.75, 3.05) is 0 Å². The molecular formula is C23H14INO3. The number of nitro benzene ring substituents is 1. The fraction of sp³-hybridized carbons (Fsp3) is 0.0435. The molecule has 1 aliphatic carbocycles. The lowest BCUT2D eigenvalue weighted by Gasteiger charge is -2.27. The number of hydrogen-bond acceptors (Lipinski definition) is 3. The molecule has 1 atom stereocenters. The van der Waals surface area contributed by atoms with E-state index in [0.29, 0.717) is 0 Å². The van der Waals surface area contributed by atoms with E-state index < -0.39 is 10.5 Å². The lowest BCUT2D eigenvalue weighted by Crippen LogP contribution is -2.26. The van der Waals surface area contributed by atoms with Gasteiger partial charge >= 0.3 is 0 Å². The first-order chi connectivity index (χ1) is 13.5. The third-order valence-corrected chi connectivity index (χ3v) is 6.28. The zero-order valence-electron chi connectivity index (χ0n) is 14.6. The molecule has 0 aromatic heterocycles. The molecule has 0 saturated carbocycles. The van der Waals surface area contributed by atoms with E-state index in [9.17, 15) is 15.2 Å². The van der Waals surface area contributed by atoms with Crippen LogP contribution in [-0.2, 0) is 5.60 Å². The van der Waals surface area contributed by atoms with Gasteiger partial charge in [-0.25, -0.2) is 0 Å². The summed E-state index contributed by atoms with van der Waals surface area (Å²) >= 11 is 2.26. The van der Waals surface area contributed by atoms with Crippen molar-refractivity contribution in [2.24, 2.45) is 0 Å². The number of halogens is 1. The Labute approximate surface area is 174 Å². The topological polar surface area (TPSA) is 63.4 Å². The Bertz CT molecular complexity index is 1270. The van der Waals surface area contributed by atoms with Gasteiger partial charge in [0.25, 0.3) is 5.69 Å². The molecule has 0 amide bonds. The predicted molar refractivity (Wildman–Crippen MR) is 117 cm³/mol. The zero-order chi connectivity index (χ0) is 19.5. The summed E-state index contributed by atoms with van der Waals surface area (Å²) in [5, 5.41) is 24.9. The molecule has 28 heavy (non-hydrogen) atoms. The van der Waals surface area contributed by atoms with Gasteiger partial charge in [-0.3, -0.25) is 10.1 Å². The molecule has 0 saturated heterocycles. The third-order valence-electron chi connectivity index (χ3n) is 5.43. The van der Waals surface area contributed by atoms with Gasteiger partial charge in [0.15, 0.2) is 0 Å². The predicted octanol–water partition coefficient (Wildman–Crippen LogP) is 5.62. The Morgan fingerprint density at radius 2 is 1.64 bits per heavy atom. The highest BCUT2D eigenvalue weighted by Gasteiger charge is 2.45. The highest BCUT2D eigenvalue weighted by Crippen LogP contribution is 2.54. The summed E-state index contributed by atoms with van der Waals surface area (Å²) in [5.41, 5.74) is 3.11. The van der Waals surface area contributed by atoms with Crippen molar-refractivity contribution in [3.8, 4) is 11.1 Å². The van der Waals surface area contributed by atoms with Crippen LogP contribution in [0.4, 0.5) is 5.69 Å². The maximum atomic E-state index is 12.1. The molecule has 5 rings (SSSR count). The van der Waals surface area contributed by atoms with Crippen molar-refractivity contribution in [2.45, 2.75) is 5.60 Å². The Kier molecular flexibility index (Phi) is 3.79. The van der Waals surface area contributed by atoms with E-state index in [-0.39, 0.29) is 5.69 Å². The largest absolute Gasteiger partial charge is 0.376 e. The molecule has 4 aromatic carbocycles. The first-order valence-corrected chi connectivity index (χ1v) is 9.88. The lowest BCUT2D eigenvalue weighted by molar-refractivity contribution is -0.384. The van der Waals surface area contributed by atoms with Gasteiger partial charge in [-0.1, -0.05) is 54.6 Å². The zero-order valence-corrected chi connectivity index (χ0v) is 16.8. The number of nitro groups is 1. The highest BCUT2D eigenvalue weighted by molar-refractivity contribution is 14.1. The third kappa shape index (κ3) is 2.26. The number of nitrogens with zero attached hydrogens (tertiary/aromatic N) is 1. The average molecular weight is 479 g/mol. The quantitative estimate of drug-likeness (QED) is 0.231. The Morgan fingerprint density at radius 1 is 0.929 bits per heavy atom. The van der Waals surface area contributed by atoms with Crippen molar-refractivity contribution in [1.29, 1.82) is 0 Å². The Morgan fingerprint density at radius 3 is 2.39 bits per heavy atom. The minimum absolute atomic E-state index is 0.0435. The maximum Gasteiger partial charge on any atom is 0.270 e. The molecule has 0 bridgehead atoms. The van der Waals surface area contributed by atoms with E-state index in [4.69, 9.17) is 0 Å². The van der Waals surface area contributed by atoms with Crippen LogP contribution in [0, 0.1) is 13.7 Å². The smallest absolute Gasteiger partial charge is 0.270 e. The van der Waals surface area contributed by atoms with Crippen molar-refractivity contribution < 1.29 is 10.0 Å². The van der Waals surface area contributed by atoms with Crippen molar-refractivity contribution in [1.82, 2.24) is 0 Å². The normalized spacial score (nSPS) is 17.4. The number of hydrogen-bond donors (Lipinski definition) is 1. The van der Waals surface area contributed by atoms with E-state index >= 15 is 0 Å². The summed E-state index contributed by atoms with van der Waals surface area (Å²) < 4.78 is 0.958. The van der Waals surface area contributed by atoms with Crippen molar-refractivity contribution in [3.63, 3.8) is 0 Å². The lowest BCUT2D eigenvalue weighted by atomic mass is 9.82. The molecule has 0 radical (unpaired) electrons.